The van der Waals surface area contributed by atoms with Crippen molar-refractivity contribution in [2.45, 2.75) is 179 Å². The zero-order chi connectivity index (χ0) is 31.7. The molecule has 4 N–H and O–H groups in total. The Morgan fingerprint density at radius 2 is 1.09 bits per heavy atom. The lowest BCUT2D eigenvalue weighted by atomic mass is 9.99. The summed E-state index contributed by atoms with van der Waals surface area (Å²) in [5.74, 6) is -0.830. The Bertz CT molecular complexity index is 689. The Balaban J connectivity index is 2.27. The molecule has 0 bridgehead atoms. The van der Waals surface area contributed by atoms with Gasteiger partial charge in [-0.3, -0.25) is 9.59 Å². The third kappa shape index (κ3) is 19.0. The number of unbranched alkanes of at least 4 members (excludes halogenated alkanes) is 16. The number of rotatable bonds is 27. The lowest BCUT2D eigenvalue weighted by Gasteiger charge is -2.39. The molecule has 10 heteroatoms. The second-order valence-electron chi connectivity index (χ2n) is 12.0. The summed E-state index contributed by atoms with van der Waals surface area (Å²) < 4.78 is 21.7. The fourth-order valence-corrected chi connectivity index (χ4v) is 5.19. The van der Waals surface area contributed by atoms with Crippen LogP contribution in [-0.4, -0.2) is 89.0 Å². The van der Waals surface area contributed by atoms with Crippen LogP contribution in [0, 0.1) is 0 Å². The van der Waals surface area contributed by atoms with Crippen molar-refractivity contribution in [1.82, 2.24) is 0 Å². The molecule has 1 saturated heterocycles. The normalized spacial score (nSPS) is 22.8. The Labute approximate surface area is 259 Å². The van der Waals surface area contributed by atoms with E-state index < -0.39 is 49.4 Å². The number of esters is 2. The number of aliphatic hydroxyl groups is 4. The highest BCUT2D eigenvalue weighted by atomic mass is 16.7. The number of ether oxygens (including phenoxy) is 4. The Morgan fingerprint density at radius 1 is 0.628 bits per heavy atom. The molecule has 1 heterocycles. The molecule has 1 aliphatic rings. The molecule has 0 radical (unpaired) electrons. The molecule has 43 heavy (non-hydrogen) atoms. The maximum atomic E-state index is 12.3. The van der Waals surface area contributed by atoms with Crippen molar-refractivity contribution in [3.8, 4) is 0 Å². The van der Waals surface area contributed by atoms with Crippen LogP contribution < -0.4 is 0 Å². The average Bonchev–Trinajstić information content (AvgIpc) is 3.00. The first-order valence-electron chi connectivity index (χ1n) is 17.1. The van der Waals surface area contributed by atoms with Crippen molar-refractivity contribution < 1.29 is 49.0 Å². The van der Waals surface area contributed by atoms with E-state index >= 15 is 0 Å². The van der Waals surface area contributed by atoms with Gasteiger partial charge in [-0.05, 0) is 12.8 Å². The lowest BCUT2D eigenvalue weighted by Crippen LogP contribution is -2.59. The predicted octanol–water partition coefficient (Wildman–Crippen LogP) is 5.10. The van der Waals surface area contributed by atoms with Crippen molar-refractivity contribution in [2.24, 2.45) is 0 Å². The van der Waals surface area contributed by atoms with Gasteiger partial charge in [0, 0.05) is 12.8 Å². The fraction of sp³-hybridized carbons (Fsp3) is 0.939. The van der Waals surface area contributed by atoms with Crippen molar-refractivity contribution in [2.75, 3.05) is 19.8 Å². The van der Waals surface area contributed by atoms with Crippen LogP contribution in [0.25, 0.3) is 0 Å². The minimum atomic E-state index is -1.58. The highest BCUT2D eigenvalue weighted by molar-refractivity contribution is 5.70. The number of hydrogen-bond donors (Lipinski definition) is 4. The van der Waals surface area contributed by atoms with Gasteiger partial charge in [-0.25, -0.2) is 0 Å². The molecule has 0 amide bonds. The second kappa shape index (κ2) is 26.0. The highest BCUT2D eigenvalue weighted by Crippen LogP contribution is 2.22. The van der Waals surface area contributed by atoms with E-state index in [0.717, 1.165) is 32.1 Å². The predicted molar refractivity (Wildman–Crippen MR) is 164 cm³/mol. The van der Waals surface area contributed by atoms with Gasteiger partial charge in [-0.1, -0.05) is 117 Å². The quantitative estimate of drug-likeness (QED) is 0.0723. The van der Waals surface area contributed by atoms with E-state index in [-0.39, 0.29) is 32.0 Å². The van der Waals surface area contributed by atoms with Crippen molar-refractivity contribution in [1.29, 1.82) is 0 Å². The summed E-state index contributed by atoms with van der Waals surface area (Å²) in [6, 6.07) is 0. The van der Waals surface area contributed by atoms with Gasteiger partial charge in [0.15, 0.2) is 12.4 Å². The Hall–Kier alpha value is -1.30. The average molecular weight is 619 g/mol. The Kier molecular flexibility index (Phi) is 24.0. The summed E-state index contributed by atoms with van der Waals surface area (Å²) in [5.41, 5.74) is 0. The monoisotopic (exact) mass is 618 g/mol. The van der Waals surface area contributed by atoms with E-state index in [0.29, 0.717) is 6.42 Å². The van der Waals surface area contributed by atoms with Gasteiger partial charge in [0.25, 0.3) is 0 Å². The molecule has 254 valence electrons. The smallest absolute Gasteiger partial charge is 0.306 e. The molecule has 0 saturated carbocycles. The van der Waals surface area contributed by atoms with Crippen LogP contribution in [-0.2, 0) is 28.5 Å². The zero-order valence-corrected chi connectivity index (χ0v) is 27.0. The summed E-state index contributed by atoms with van der Waals surface area (Å²) in [5, 5.41) is 39.5. The third-order valence-corrected chi connectivity index (χ3v) is 7.99. The molecule has 6 atom stereocenters. The van der Waals surface area contributed by atoms with Crippen LogP contribution >= 0.6 is 0 Å². The van der Waals surface area contributed by atoms with Crippen LogP contribution in [0.1, 0.15) is 142 Å². The third-order valence-electron chi connectivity index (χ3n) is 7.99. The molecular formula is C33H62O10. The first-order chi connectivity index (χ1) is 20.8. The maximum Gasteiger partial charge on any atom is 0.306 e. The van der Waals surface area contributed by atoms with Gasteiger partial charge in [-0.2, -0.15) is 0 Å². The molecule has 0 unspecified atom stereocenters. The van der Waals surface area contributed by atoms with Gasteiger partial charge in [0.2, 0.25) is 0 Å². The van der Waals surface area contributed by atoms with E-state index in [2.05, 4.69) is 6.92 Å². The molecule has 10 nitrogen and oxygen atoms in total. The van der Waals surface area contributed by atoms with Gasteiger partial charge in [0.1, 0.15) is 31.0 Å². The highest BCUT2D eigenvalue weighted by Gasteiger charge is 2.44. The molecule has 0 aromatic rings. The summed E-state index contributed by atoms with van der Waals surface area (Å²) >= 11 is 0. The van der Waals surface area contributed by atoms with Crippen LogP contribution in [0.2, 0.25) is 0 Å². The van der Waals surface area contributed by atoms with Crippen LogP contribution in [0.15, 0.2) is 0 Å². The number of aliphatic hydroxyl groups excluding tert-OH is 4. The van der Waals surface area contributed by atoms with Gasteiger partial charge in [-0.15, -0.1) is 0 Å². The number of carbonyl (C=O) groups excluding carboxylic acids is 2. The van der Waals surface area contributed by atoms with E-state index in [1.807, 2.05) is 6.92 Å². The molecule has 1 aliphatic heterocycles. The minimum Gasteiger partial charge on any atom is -0.462 e. The second-order valence-corrected chi connectivity index (χ2v) is 12.0. The molecule has 1 rings (SSSR count). The topological polar surface area (TPSA) is 152 Å². The van der Waals surface area contributed by atoms with E-state index in [1.54, 1.807) is 0 Å². The van der Waals surface area contributed by atoms with Crippen LogP contribution in [0.5, 0.6) is 0 Å². The largest absolute Gasteiger partial charge is 0.462 e. The molecule has 0 aromatic carbocycles. The molecule has 1 fully saturated rings. The van der Waals surface area contributed by atoms with E-state index in [9.17, 15) is 30.0 Å². The first-order valence-corrected chi connectivity index (χ1v) is 17.1. The lowest BCUT2D eigenvalue weighted by molar-refractivity contribution is -0.305. The molecule has 0 spiro atoms. The number of carbonyl (C=O) groups is 2. The molecule has 0 aliphatic carbocycles. The number of hydrogen-bond acceptors (Lipinski definition) is 10. The van der Waals surface area contributed by atoms with Crippen LogP contribution in [0.4, 0.5) is 0 Å². The fourth-order valence-electron chi connectivity index (χ4n) is 5.19. The van der Waals surface area contributed by atoms with Crippen molar-refractivity contribution in [3.63, 3.8) is 0 Å². The first kappa shape index (κ1) is 39.7. The maximum absolute atomic E-state index is 12.3. The van der Waals surface area contributed by atoms with Gasteiger partial charge >= 0.3 is 11.9 Å². The summed E-state index contributed by atoms with van der Waals surface area (Å²) in [6.07, 6.45) is 13.6. The van der Waals surface area contributed by atoms with Gasteiger partial charge < -0.3 is 39.4 Å². The van der Waals surface area contributed by atoms with Crippen molar-refractivity contribution in [3.05, 3.63) is 0 Å². The van der Waals surface area contributed by atoms with Crippen molar-refractivity contribution >= 4 is 11.9 Å². The molecular weight excluding hydrogens is 556 g/mol. The summed E-state index contributed by atoms with van der Waals surface area (Å²) in [7, 11) is 0. The minimum absolute atomic E-state index is 0.214. The summed E-state index contributed by atoms with van der Waals surface area (Å²) in [4.78, 5) is 24.6. The van der Waals surface area contributed by atoms with Gasteiger partial charge in [0.05, 0.1) is 13.2 Å². The van der Waals surface area contributed by atoms with E-state index in [1.165, 1.54) is 77.0 Å². The molecule has 0 aromatic heterocycles. The zero-order valence-electron chi connectivity index (χ0n) is 27.0. The SMILES string of the molecule is CCCCCCCCCCCCCCCCCC(=O)OC[C@H](CO[C@@H]1O[C@H](CO)[C@H](O)[C@H](O)[C@H]1O)OC(=O)CCCCC. The van der Waals surface area contributed by atoms with Crippen LogP contribution in [0.3, 0.4) is 0 Å². The van der Waals surface area contributed by atoms with E-state index in [4.69, 9.17) is 18.9 Å². The summed E-state index contributed by atoms with van der Waals surface area (Å²) in [6.45, 7) is 3.21. The standard InChI is InChI=1S/C33H62O10/c1-3-5-7-8-9-10-11-12-13-14-15-16-17-18-20-21-28(35)40-24-26(42-29(36)22-19-6-4-2)25-41-33-32(39)31(38)30(37)27(23-34)43-33/h26-27,30-34,37-39H,3-25H2,1-2H3/t26-,27-,30+,31+,32-,33-/m1/s1. The Morgan fingerprint density at radius 3 is 1.63 bits per heavy atom.